The van der Waals surface area contributed by atoms with Gasteiger partial charge in [0.1, 0.15) is 0 Å². The highest BCUT2D eigenvalue weighted by Gasteiger charge is 2.27. The Morgan fingerprint density at radius 1 is 1.44 bits per heavy atom. The highest BCUT2D eigenvalue weighted by molar-refractivity contribution is 5.76. The fraction of sp³-hybridized carbons (Fsp3) is 0.929. The molecule has 2 fully saturated rings. The van der Waals surface area contributed by atoms with Crippen LogP contribution in [0.3, 0.4) is 0 Å². The van der Waals surface area contributed by atoms with Crippen LogP contribution < -0.4 is 5.32 Å². The van der Waals surface area contributed by atoms with Gasteiger partial charge in [-0.05, 0) is 39.0 Å². The zero-order valence-electron chi connectivity index (χ0n) is 11.6. The minimum absolute atomic E-state index is 0.176. The number of rotatable bonds is 3. The molecule has 0 aromatic rings. The normalized spacial score (nSPS) is 33.4. The van der Waals surface area contributed by atoms with E-state index in [0.717, 1.165) is 26.1 Å². The maximum Gasteiger partial charge on any atom is 0.222 e. The Morgan fingerprint density at radius 3 is 3.00 bits per heavy atom. The third-order valence-corrected chi connectivity index (χ3v) is 4.01. The van der Waals surface area contributed by atoms with E-state index in [2.05, 4.69) is 12.2 Å². The first kappa shape index (κ1) is 13.8. The van der Waals surface area contributed by atoms with E-state index in [0.29, 0.717) is 24.9 Å². The molecule has 3 atom stereocenters. The topological polar surface area (TPSA) is 43.6 Å². The quantitative estimate of drug-likeness (QED) is 0.763. The van der Waals surface area contributed by atoms with Gasteiger partial charge in [0.25, 0.3) is 0 Å². The second kappa shape index (κ2) is 6.53. The van der Waals surface area contributed by atoms with Gasteiger partial charge >= 0.3 is 0 Å². The van der Waals surface area contributed by atoms with E-state index in [9.17, 15) is 4.79 Å². The molecule has 2 heterocycles. The number of carbonyl (C=O) groups is 1. The molecule has 0 spiro atoms. The minimum atomic E-state index is 0.176. The van der Waals surface area contributed by atoms with Gasteiger partial charge < -0.3 is 9.64 Å². The van der Waals surface area contributed by atoms with Gasteiger partial charge in [0.15, 0.2) is 0 Å². The van der Waals surface area contributed by atoms with E-state index in [1.807, 2.05) is 11.8 Å². The third kappa shape index (κ3) is 3.69. The van der Waals surface area contributed by atoms with Crippen LogP contribution in [0.2, 0.25) is 0 Å². The molecule has 2 saturated heterocycles. The summed E-state index contributed by atoms with van der Waals surface area (Å²) in [6.07, 6.45) is 4.29. The van der Waals surface area contributed by atoms with Crippen LogP contribution in [-0.2, 0) is 9.53 Å². The first-order valence-corrected chi connectivity index (χ1v) is 7.21. The summed E-state index contributed by atoms with van der Waals surface area (Å²) in [4.78, 5) is 14.2. The molecule has 4 nitrogen and oxygen atoms in total. The molecule has 2 aliphatic heterocycles. The molecule has 3 unspecified atom stereocenters. The van der Waals surface area contributed by atoms with Crippen molar-refractivity contribution in [2.45, 2.75) is 51.7 Å². The zero-order valence-corrected chi connectivity index (χ0v) is 11.6. The second-order valence-corrected chi connectivity index (χ2v) is 5.72. The van der Waals surface area contributed by atoms with E-state index in [1.54, 1.807) is 0 Å². The van der Waals surface area contributed by atoms with Gasteiger partial charge in [0, 0.05) is 26.1 Å². The van der Waals surface area contributed by atoms with Crippen molar-refractivity contribution in [3.8, 4) is 0 Å². The van der Waals surface area contributed by atoms with Crippen LogP contribution in [0.25, 0.3) is 0 Å². The second-order valence-electron chi connectivity index (χ2n) is 5.72. The molecular formula is C14H25N2O2. The molecule has 1 radical (unpaired) electrons. The van der Waals surface area contributed by atoms with Crippen LogP contribution in [-0.4, -0.2) is 49.2 Å². The Labute approximate surface area is 110 Å². The van der Waals surface area contributed by atoms with Crippen LogP contribution >= 0.6 is 0 Å². The summed E-state index contributed by atoms with van der Waals surface area (Å²) in [5.74, 6) is 0.930. The largest absolute Gasteiger partial charge is 0.375 e. The van der Waals surface area contributed by atoms with Gasteiger partial charge in [-0.15, -0.1) is 0 Å². The minimum Gasteiger partial charge on any atom is -0.375 e. The third-order valence-electron chi connectivity index (χ3n) is 4.01. The average molecular weight is 253 g/mol. The van der Waals surface area contributed by atoms with Gasteiger partial charge in [-0.3, -0.25) is 4.79 Å². The Bertz CT molecular complexity index is 277. The average Bonchev–Trinajstić information content (AvgIpc) is 2.40. The van der Waals surface area contributed by atoms with Gasteiger partial charge in [0.2, 0.25) is 5.91 Å². The SMILES string of the molecule is CC1CN(C(=O)CCC2CCC[N]C2)C(C)CO1. The van der Waals surface area contributed by atoms with Crippen LogP contribution in [0.5, 0.6) is 0 Å². The summed E-state index contributed by atoms with van der Waals surface area (Å²) >= 11 is 0. The summed E-state index contributed by atoms with van der Waals surface area (Å²) in [5.41, 5.74) is 0. The highest BCUT2D eigenvalue weighted by atomic mass is 16.5. The van der Waals surface area contributed by atoms with Crippen molar-refractivity contribution in [1.29, 1.82) is 0 Å². The molecule has 4 heteroatoms. The summed E-state index contributed by atoms with van der Waals surface area (Å²) in [7, 11) is 0. The molecule has 0 aromatic heterocycles. The Hall–Kier alpha value is -0.610. The van der Waals surface area contributed by atoms with Crippen molar-refractivity contribution in [2.75, 3.05) is 26.2 Å². The van der Waals surface area contributed by atoms with Crippen molar-refractivity contribution < 1.29 is 9.53 Å². The van der Waals surface area contributed by atoms with Gasteiger partial charge in [-0.25, -0.2) is 5.32 Å². The van der Waals surface area contributed by atoms with E-state index >= 15 is 0 Å². The lowest BCUT2D eigenvalue weighted by Gasteiger charge is -2.37. The maximum absolute atomic E-state index is 12.2. The Kier molecular flexibility index (Phi) is 5.01. The number of nitrogens with zero attached hydrogens (tertiary/aromatic N) is 2. The molecule has 0 aromatic carbocycles. The lowest BCUT2D eigenvalue weighted by Crippen LogP contribution is -2.50. The van der Waals surface area contributed by atoms with Crippen molar-refractivity contribution in [1.82, 2.24) is 10.2 Å². The molecule has 0 bridgehead atoms. The number of piperidine rings is 1. The molecule has 2 aliphatic rings. The number of carbonyl (C=O) groups excluding carboxylic acids is 1. The van der Waals surface area contributed by atoms with Gasteiger partial charge in [0.05, 0.1) is 18.8 Å². The smallest absolute Gasteiger partial charge is 0.222 e. The van der Waals surface area contributed by atoms with Crippen LogP contribution in [0.1, 0.15) is 39.5 Å². The molecular weight excluding hydrogens is 228 g/mol. The van der Waals surface area contributed by atoms with Crippen molar-refractivity contribution in [2.24, 2.45) is 5.92 Å². The number of hydrogen-bond acceptors (Lipinski definition) is 2. The molecule has 18 heavy (non-hydrogen) atoms. The molecule has 0 N–H and O–H groups in total. The Morgan fingerprint density at radius 2 is 2.28 bits per heavy atom. The number of amides is 1. The lowest BCUT2D eigenvalue weighted by atomic mass is 9.94. The lowest BCUT2D eigenvalue weighted by molar-refractivity contribution is -0.143. The van der Waals surface area contributed by atoms with Gasteiger partial charge in [-0.2, -0.15) is 0 Å². The molecule has 2 rings (SSSR count). The number of morpholine rings is 1. The summed E-state index contributed by atoms with van der Waals surface area (Å²) in [6, 6.07) is 0.227. The van der Waals surface area contributed by atoms with Crippen molar-refractivity contribution in [3.63, 3.8) is 0 Å². The van der Waals surface area contributed by atoms with Gasteiger partial charge in [-0.1, -0.05) is 0 Å². The highest BCUT2D eigenvalue weighted by Crippen LogP contribution is 2.19. The van der Waals surface area contributed by atoms with Crippen LogP contribution in [0, 0.1) is 5.92 Å². The predicted molar refractivity (Wildman–Crippen MR) is 70.4 cm³/mol. The standard InChI is InChI=1S/C14H25N2O2/c1-11-10-18-12(2)9-16(11)14(17)6-5-13-4-3-7-15-8-13/h11-13H,3-10H2,1-2H3. The molecule has 1 amide bonds. The zero-order chi connectivity index (χ0) is 13.0. The van der Waals surface area contributed by atoms with E-state index in [4.69, 9.17) is 4.74 Å². The summed E-state index contributed by atoms with van der Waals surface area (Å²) in [5, 5.41) is 4.43. The first-order chi connectivity index (χ1) is 8.66. The number of ether oxygens (including phenoxy) is 1. The van der Waals surface area contributed by atoms with Crippen LogP contribution in [0.4, 0.5) is 0 Å². The monoisotopic (exact) mass is 253 g/mol. The Balaban J connectivity index is 1.75. The first-order valence-electron chi connectivity index (χ1n) is 7.21. The number of hydrogen-bond donors (Lipinski definition) is 0. The van der Waals surface area contributed by atoms with E-state index < -0.39 is 0 Å². The fourth-order valence-electron chi connectivity index (χ4n) is 2.81. The maximum atomic E-state index is 12.2. The van der Waals surface area contributed by atoms with E-state index in [-0.39, 0.29) is 12.1 Å². The van der Waals surface area contributed by atoms with Crippen molar-refractivity contribution >= 4 is 5.91 Å². The predicted octanol–water partition coefficient (Wildman–Crippen LogP) is 1.42. The van der Waals surface area contributed by atoms with E-state index in [1.165, 1.54) is 12.8 Å². The van der Waals surface area contributed by atoms with Crippen molar-refractivity contribution in [3.05, 3.63) is 0 Å². The summed E-state index contributed by atoms with van der Waals surface area (Å²) in [6.45, 7) is 7.50. The molecule has 0 aliphatic carbocycles. The molecule has 0 saturated carbocycles. The fourth-order valence-corrected chi connectivity index (χ4v) is 2.81. The summed E-state index contributed by atoms with van der Waals surface area (Å²) < 4.78 is 5.56. The van der Waals surface area contributed by atoms with Crippen LogP contribution in [0.15, 0.2) is 0 Å². The molecule has 103 valence electrons.